The smallest absolute Gasteiger partial charge is 0.264 e. The number of nitrogens with zero attached hydrogens (tertiary/aromatic N) is 2. The van der Waals surface area contributed by atoms with Gasteiger partial charge in [-0.1, -0.05) is 37.3 Å². The van der Waals surface area contributed by atoms with Crippen LogP contribution in [0.3, 0.4) is 0 Å². The molecule has 0 aliphatic carbocycles. The second-order valence-corrected chi connectivity index (χ2v) is 6.19. The zero-order valence-electron chi connectivity index (χ0n) is 14.0. The van der Waals surface area contributed by atoms with Crippen molar-refractivity contribution in [2.75, 3.05) is 0 Å². The standard InChI is InChI=1S/C18H23N3O2S/c1-3-11-21-17(23)15(16(22)20-18(21)24)12-19-13(2)9-10-14-7-5-4-6-8-14/h4-8,12-13,23H,3,9-11H2,1-2H3,(H,20,22,24). The third kappa shape index (κ3) is 4.64. The molecular formula is C18H23N3O2S. The number of hydrogen-bond acceptors (Lipinski definition) is 4. The molecule has 1 aromatic carbocycles. The summed E-state index contributed by atoms with van der Waals surface area (Å²) in [5.41, 5.74) is 1.00. The molecule has 6 heteroatoms. The molecule has 1 unspecified atom stereocenters. The first kappa shape index (κ1) is 18.1. The Morgan fingerprint density at radius 3 is 2.75 bits per heavy atom. The second-order valence-electron chi connectivity index (χ2n) is 5.80. The molecule has 0 aliphatic rings. The van der Waals surface area contributed by atoms with E-state index in [0.29, 0.717) is 6.54 Å². The molecule has 0 bridgehead atoms. The Balaban J connectivity index is 2.12. The van der Waals surface area contributed by atoms with Gasteiger partial charge in [0.25, 0.3) is 5.56 Å². The normalized spacial score (nSPS) is 12.6. The number of H-pyrrole nitrogens is 1. The van der Waals surface area contributed by atoms with Crippen molar-refractivity contribution in [3.05, 3.63) is 56.6 Å². The van der Waals surface area contributed by atoms with Gasteiger partial charge in [0.05, 0.1) is 0 Å². The summed E-state index contributed by atoms with van der Waals surface area (Å²) >= 11 is 5.09. The molecule has 1 heterocycles. The van der Waals surface area contributed by atoms with Crippen molar-refractivity contribution >= 4 is 18.4 Å². The molecule has 0 saturated heterocycles. The predicted molar refractivity (Wildman–Crippen MR) is 99.7 cm³/mol. The molecule has 0 fully saturated rings. The van der Waals surface area contributed by atoms with Crippen LogP contribution in [0.2, 0.25) is 0 Å². The highest BCUT2D eigenvalue weighted by molar-refractivity contribution is 7.71. The summed E-state index contributed by atoms with van der Waals surface area (Å²) in [5.74, 6) is -0.121. The van der Waals surface area contributed by atoms with Crippen molar-refractivity contribution in [1.82, 2.24) is 9.55 Å². The largest absolute Gasteiger partial charge is 0.494 e. The number of aromatic amines is 1. The van der Waals surface area contributed by atoms with Crippen LogP contribution in [0.4, 0.5) is 0 Å². The van der Waals surface area contributed by atoms with Crippen LogP contribution in [0.25, 0.3) is 0 Å². The SMILES string of the molecule is CCCn1c(O)c(C=NC(C)CCc2ccccc2)c(=O)[nH]c1=S. The maximum Gasteiger partial charge on any atom is 0.264 e. The summed E-state index contributed by atoms with van der Waals surface area (Å²) in [7, 11) is 0. The number of aromatic hydroxyl groups is 1. The minimum Gasteiger partial charge on any atom is -0.494 e. The molecule has 0 saturated carbocycles. The number of aliphatic imine (C=N–C) groups is 1. The summed E-state index contributed by atoms with van der Waals surface area (Å²) in [4.78, 5) is 19.0. The topological polar surface area (TPSA) is 70.4 Å². The van der Waals surface area contributed by atoms with Gasteiger partial charge in [-0.3, -0.25) is 19.3 Å². The van der Waals surface area contributed by atoms with E-state index in [0.717, 1.165) is 19.3 Å². The van der Waals surface area contributed by atoms with Gasteiger partial charge in [-0.05, 0) is 44.0 Å². The molecule has 2 N–H and O–H groups in total. The molecular weight excluding hydrogens is 322 g/mol. The van der Waals surface area contributed by atoms with Crippen molar-refractivity contribution in [2.24, 2.45) is 4.99 Å². The van der Waals surface area contributed by atoms with Crippen LogP contribution in [-0.4, -0.2) is 26.9 Å². The van der Waals surface area contributed by atoms with E-state index in [9.17, 15) is 9.90 Å². The average Bonchev–Trinajstić information content (AvgIpc) is 2.57. The van der Waals surface area contributed by atoms with Gasteiger partial charge in [0.1, 0.15) is 5.56 Å². The summed E-state index contributed by atoms with van der Waals surface area (Å²) in [6.07, 6.45) is 4.04. The van der Waals surface area contributed by atoms with Gasteiger partial charge in [0, 0.05) is 18.8 Å². The quantitative estimate of drug-likeness (QED) is 0.596. The number of aryl methyl sites for hydroxylation is 1. The average molecular weight is 345 g/mol. The van der Waals surface area contributed by atoms with Crippen LogP contribution in [0.15, 0.2) is 40.1 Å². The lowest BCUT2D eigenvalue weighted by molar-refractivity contribution is 0.401. The second kappa shape index (κ2) is 8.59. The van der Waals surface area contributed by atoms with E-state index in [1.54, 1.807) is 0 Å². The molecule has 5 nitrogen and oxygen atoms in total. The predicted octanol–water partition coefficient (Wildman–Crippen LogP) is 3.46. The molecule has 0 aliphatic heterocycles. The van der Waals surface area contributed by atoms with Crippen LogP contribution in [0.1, 0.15) is 37.8 Å². The molecule has 2 aromatic rings. The Kier molecular flexibility index (Phi) is 6.49. The Bertz CT molecular complexity index is 809. The van der Waals surface area contributed by atoms with E-state index in [4.69, 9.17) is 12.2 Å². The lowest BCUT2D eigenvalue weighted by atomic mass is 10.1. The van der Waals surface area contributed by atoms with Crippen LogP contribution < -0.4 is 5.56 Å². The highest BCUT2D eigenvalue weighted by Gasteiger charge is 2.10. The highest BCUT2D eigenvalue weighted by Crippen LogP contribution is 2.13. The van der Waals surface area contributed by atoms with E-state index >= 15 is 0 Å². The fourth-order valence-corrected chi connectivity index (χ4v) is 2.69. The first-order chi connectivity index (χ1) is 11.5. The van der Waals surface area contributed by atoms with Gasteiger partial charge in [0.15, 0.2) is 4.77 Å². The first-order valence-corrected chi connectivity index (χ1v) is 8.57. The lowest BCUT2D eigenvalue weighted by Crippen LogP contribution is -2.19. The van der Waals surface area contributed by atoms with Gasteiger partial charge in [0.2, 0.25) is 5.88 Å². The Hall–Kier alpha value is -2.21. The summed E-state index contributed by atoms with van der Waals surface area (Å²) in [6, 6.07) is 10.3. The van der Waals surface area contributed by atoms with Gasteiger partial charge >= 0.3 is 0 Å². The Labute approximate surface area is 146 Å². The fraction of sp³-hybridized carbons (Fsp3) is 0.389. The van der Waals surface area contributed by atoms with Gasteiger partial charge < -0.3 is 5.11 Å². The number of nitrogens with one attached hydrogen (secondary N) is 1. The molecule has 1 aromatic heterocycles. The van der Waals surface area contributed by atoms with Gasteiger partial charge in [-0.25, -0.2) is 0 Å². The van der Waals surface area contributed by atoms with Gasteiger partial charge in [-0.2, -0.15) is 0 Å². The third-order valence-corrected chi connectivity index (χ3v) is 4.13. The third-order valence-electron chi connectivity index (χ3n) is 3.81. The molecule has 0 amide bonds. The minimum atomic E-state index is -0.413. The fourth-order valence-electron chi connectivity index (χ4n) is 2.42. The highest BCUT2D eigenvalue weighted by atomic mass is 32.1. The molecule has 24 heavy (non-hydrogen) atoms. The zero-order chi connectivity index (χ0) is 17.5. The van der Waals surface area contributed by atoms with E-state index < -0.39 is 5.56 Å². The Morgan fingerprint density at radius 1 is 1.38 bits per heavy atom. The lowest BCUT2D eigenvalue weighted by Gasteiger charge is -2.10. The van der Waals surface area contributed by atoms with Crippen molar-refractivity contribution in [1.29, 1.82) is 0 Å². The maximum atomic E-state index is 12.0. The Morgan fingerprint density at radius 2 is 2.08 bits per heavy atom. The van der Waals surface area contributed by atoms with E-state index in [-0.39, 0.29) is 22.3 Å². The number of rotatable bonds is 7. The number of benzene rings is 1. The van der Waals surface area contributed by atoms with Crippen LogP contribution in [0, 0.1) is 4.77 Å². The number of aromatic nitrogens is 2. The maximum absolute atomic E-state index is 12.0. The van der Waals surface area contributed by atoms with E-state index in [1.807, 2.05) is 32.0 Å². The molecule has 2 rings (SSSR count). The van der Waals surface area contributed by atoms with Crippen molar-refractivity contribution < 1.29 is 5.11 Å². The molecule has 1 atom stereocenters. The van der Waals surface area contributed by atoms with Crippen molar-refractivity contribution in [3.8, 4) is 5.88 Å². The summed E-state index contributed by atoms with van der Waals surface area (Å²) in [5, 5.41) is 10.3. The molecule has 128 valence electrons. The van der Waals surface area contributed by atoms with E-state index in [2.05, 4.69) is 22.1 Å². The minimum absolute atomic E-state index is 0.0480. The van der Waals surface area contributed by atoms with Crippen LogP contribution in [0.5, 0.6) is 5.88 Å². The molecule has 0 spiro atoms. The molecule has 0 radical (unpaired) electrons. The van der Waals surface area contributed by atoms with Crippen LogP contribution in [-0.2, 0) is 13.0 Å². The zero-order valence-corrected chi connectivity index (χ0v) is 14.8. The number of hydrogen-bond donors (Lipinski definition) is 2. The van der Waals surface area contributed by atoms with Gasteiger partial charge in [-0.15, -0.1) is 0 Å². The van der Waals surface area contributed by atoms with E-state index in [1.165, 1.54) is 16.3 Å². The first-order valence-electron chi connectivity index (χ1n) is 8.16. The van der Waals surface area contributed by atoms with Crippen molar-refractivity contribution in [2.45, 2.75) is 45.7 Å². The van der Waals surface area contributed by atoms with Crippen LogP contribution >= 0.6 is 12.2 Å². The van der Waals surface area contributed by atoms with Crippen molar-refractivity contribution in [3.63, 3.8) is 0 Å². The monoisotopic (exact) mass is 345 g/mol. The summed E-state index contributed by atoms with van der Waals surface area (Å²) < 4.78 is 1.75. The summed E-state index contributed by atoms with van der Waals surface area (Å²) in [6.45, 7) is 4.52.